The van der Waals surface area contributed by atoms with Crippen LogP contribution in [0.4, 0.5) is 11.4 Å². The van der Waals surface area contributed by atoms with Gasteiger partial charge in [-0.05, 0) is 31.2 Å². The third-order valence-electron chi connectivity index (χ3n) is 3.22. The van der Waals surface area contributed by atoms with Crippen LogP contribution in [0.1, 0.15) is 18.4 Å². The Kier molecular flexibility index (Phi) is 3.28. The molecule has 1 aromatic carbocycles. The van der Waals surface area contributed by atoms with Gasteiger partial charge in [0.2, 0.25) is 0 Å². The predicted molar refractivity (Wildman–Crippen MR) is 67.0 cm³/mol. The standard InChI is InChI=1S/C12H17N3O2/c1-8-2-5-10(15(16)17)6-11(8)14-12(7-13)9-3-4-9/h2,5-6,9,12,14H,3-4,7,13H2,1H3. The molecule has 1 unspecified atom stereocenters. The quantitative estimate of drug-likeness (QED) is 0.604. The number of rotatable bonds is 5. The van der Waals surface area contributed by atoms with Crippen molar-refractivity contribution in [1.29, 1.82) is 0 Å². The first-order valence-electron chi connectivity index (χ1n) is 5.83. The number of hydrogen-bond donors (Lipinski definition) is 2. The third-order valence-corrected chi connectivity index (χ3v) is 3.22. The summed E-state index contributed by atoms with van der Waals surface area (Å²) < 4.78 is 0. The Morgan fingerprint density at radius 2 is 2.29 bits per heavy atom. The van der Waals surface area contributed by atoms with Crippen LogP contribution in [0.5, 0.6) is 0 Å². The van der Waals surface area contributed by atoms with Crippen molar-refractivity contribution in [2.75, 3.05) is 11.9 Å². The fourth-order valence-corrected chi connectivity index (χ4v) is 1.95. The Labute approximate surface area is 100 Å². The van der Waals surface area contributed by atoms with Crippen molar-refractivity contribution >= 4 is 11.4 Å². The highest BCUT2D eigenvalue weighted by Crippen LogP contribution is 2.34. The zero-order valence-corrected chi connectivity index (χ0v) is 9.85. The van der Waals surface area contributed by atoms with E-state index in [1.165, 1.54) is 18.9 Å². The Morgan fingerprint density at radius 1 is 1.59 bits per heavy atom. The van der Waals surface area contributed by atoms with Crippen molar-refractivity contribution in [1.82, 2.24) is 0 Å². The minimum atomic E-state index is -0.376. The average Bonchev–Trinajstić information content (AvgIpc) is 3.11. The maximum Gasteiger partial charge on any atom is 0.271 e. The Morgan fingerprint density at radius 3 is 2.82 bits per heavy atom. The minimum absolute atomic E-state index is 0.115. The summed E-state index contributed by atoms with van der Waals surface area (Å²) in [4.78, 5) is 10.3. The second-order valence-electron chi connectivity index (χ2n) is 4.58. The van der Waals surface area contributed by atoms with E-state index in [1.54, 1.807) is 12.1 Å². The number of nitrogens with two attached hydrogens (primary N) is 1. The number of hydrogen-bond acceptors (Lipinski definition) is 4. The summed E-state index contributed by atoms with van der Waals surface area (Å²) >= 11 is 0. The van der Waals surface area contributed by atoms with Gasteiger partial charge in [0.05, 0.1) is 4.92 Å². The van der Waals surface area contributed by atoms with Gasteiger partial charge in [-0.3, -0.25) is 10.1 Å². The van der Waals surface area contributed by atoms with Crippen molar-refractivity contribution in [3.05, 3.63) is 33.9 Å². The SMILES string of the molecule is Cc1ccc([N+](=O)[O-])cc1NC(CN)C1CC1. The van der Waals surface area contributed by atoms with E-state index in [0.717, 1.165) is 11.3 Å². The second-order valence-corrected chi connectivity index (χ2v) is 4.58. The van der Waals surface area contributed by atoms with Crippen LogP contribution >= 0.6 is 0 Å². The lowest BCUT2D eigenvalue weighted by Crippen LogP contribution is -2.31. The van der Waals surface area contributed by atoms with Gasteiger partial charge >= 0.3 is 0 Å². The van der Waals surface area contributed by atoms with Crippen molar-refractivity contribution < 1.29 is 4.92 Å². The van der Waals surface area contributed by atoms with Crippen LogP contribution in [0.25, 0.3) is 0 Å². The molecule has 1 saturated carbocycles. The summed E-state index contributed by atoms with van der Waals surface area (Å²) in [6.07, 6.45) is 2.39. The largest absolute Gasteiger partial charge is 0.380 e. The van der Waals surface area contributed by atoms with Gasteiger partial charge in [-0.15, -0.1) is 0 Å². The van der Waals surface area contributed by atoms with E-state index in [9.17, 15) is 10.1 Å². The van der Waals surface area contributed by atoms with E-state index in [4.69, 9.17) is 5.73 Å². The van der Waals surface area contributed by atoms with Gasteiger partial charge in [0.25, 0.3) is 5.69 Å². The average molecular weight is 235 g/mol. The first-order valence-corrected chi connectivity index (χ1v) is 5.83. The molecule has 5 heteroatoms. The molecule has 0 spiro atoms. The smallest absolute Gasteiger partial charge is 0.271 e. The molecule has 0 saturated heterocycles. The maximum atomic E-state index is 10.7. The number of nitrogens with one attached hydrogen (secondary N) is 1. The minimum Gasteiger partial charge on any atom is -0.380 e. The van der Waals surface area contributed by atoms with Crippen LogP contribution in [0, 0.1) is 23.0 Å². The van der Waals surface area contributed by atoms with Gasteiger partial charge in [0.1, 0.15) is 0 Å². The zero-order valence-electron chi connectivity index (χ0n) is 9.85. The van der Waals surface area contributed by atoms with Gasteiger partial charge in [0.15, 0.2) is 0 Å². The molecular formula is C12H17N3O2. The van der Waals surface area contributed by atoms with E-state index in [-0.39, 0.29) is 16.7 Å². The van der Waals surface area contributed by atoms with Gasteiger partial charge in [-0.25, -0.2) is 0 Å². The molecule has 0 heterocycles. The van der Waals surface area contributed by atoms with Gasteiger partial charge < -0.3 is 11.1 Å². The van der Waals surface area contributed by atoms with E-state index in [0.29, 0.717) is 12.5 Å². The number of nitro benzene ring substituents is 1. The third kappa shape index (κ3) is 2.74. The van der Waals surface area contributed by atoms with Crippen LogP contribution < -0.4 is 11.1 Å². The second kappa shape index (κ2) is 4.71. The molecule has 1 aliphatic rings. The van der Waals surface area contributed by atoms with Crippen molar-refractivity contribution in [3.8, 4) is 0 Å². The highest BCUT2D eigenvalue weighted by Gasteiger charge is 2.30. The van der Waals surface area contributed by atoms with Crippen LogP contribution in [0.15, 0.2) is 18.2 Å². The summed E-state index contributed by atoms with van der Waals surface area (Å²) in [6, 6.07) is 5.10. The molecular weight excluding hydrogens is 218 g/mol. The zero-order chi connectivity index (χ0) is 12.4. The van der Waals surface area contributed by atoms with Crippen molar-refractivity contribution in [3.63, 3.8) is 0 Å². The van der Waals surface area contributed by atoms with Crippen molar-refractivity contribution in [2.45, 2.75) is 25.8 Å². The molecule has 0 amide bonds. The first kappa shape index (κ1) is 11.9. The highest BCUT2D eigenvalue weighted by atomic mass is 16.6. The lowest BCUT2D eigenvalue weighted by molar-refractivity contribution is -0.384. The summed E-state index contributed by atoms with van der Waals surface area (Å²) in [5.41, 5.74) is 7.66. The number of anilines is 1. The van der Waals surface area contributed by atoms with E-state index in [2.05, 4.69) is 5.32 Å². The molecule has 0 radical (unpaired) electrons. The highest BCUT2D eigenvalue weighted by molar-refractivity contribution is 5.57. The van der Waals surface area contributed by atoms with Crippen LogP contribution in [-0.4, -0.2) is 17.5 Å². The Bertz CT molecular complexity index is 430. The van der Waals surface area contributed by atoms with E-state index >= 15 is 0 Å². The molecule has 17 heavy (non-hydrogen) atoms. The van der Waals surface area contributed by atoms with Gasteiger partial charge in [-0.2, -0.15) is 0 Å². The molecule has 0 aromatic heterocycles. The van der Waals surface area contributed by atoms with Crippen LogP contribution in [0.3, 0.4) is 0 Å². The van der Waals surface area contributed by atoms with Gasteiger partial charge in [0, 0.05) is 30.4 Å². The predicted octanol–water partition coefficient (Wildman–Crippen LogP) is 2.05. The maximum absolute atomic E-state index is 10.7. The topological polar surface area (TPSA) is 81.2 Å². The summed E-state index contributed by atoms with van der Waals surface area (Å²) in [5, 5.41) is 14.0. The van der Waals surface area contributed by atoms with Crippen LogP contribution in [-0.2, 0) is 0 Å². The molecule has 5 nitrogen and oxygen atoms in total. The monoisotopic (exact) mass is 235 g/mol. The lowest BCUT2D eigenvalue weighted by Gasteiger charge is -2.18. The van der Waals surface area contributed by atoms with E-state index < -0.39 is 0 Å². The number of nitro groups is 1. The molecule has 0 bridgehead atoms. The number of non-ortho nitro benzene ring substituents is 1. The molecule has 92 valence electrons. The first-order chi connectivity index (χ1) is 8.11. The van der Waals surface area contributed by atoms with Gasteiger partial charge in [-0.1, -0.05) is 6.07 Å². The van der Waals surface area contributed by atoms with Crippen LogP contribution in [0.2, 0.25) is 0 Å². The fraction of sp³-hybridized carbons (Fsp3) is 0.500. The summed E-state index contributed by atoms with van der Waals surface area (Å²) in [6.45, 7) is 2.50. The van der Waals surface area contributed by atoms with Crippen molar-refractivity contribution in [2.24, 2.45) is 11.7 Å². The number of aryl methyl sites for hydroxylation is 1. The summed E-state index contributed by atoms with van der Waals surface area (Å²) in [7, 11) is 0. The summed E-state index contributed by atoms with van der Waals surface area (Å²) in [5.74, 6) is 0.624. The number of benzene rings is 1. The molecule has 1 aliphatic carbocycles. The van der Waals surface area contributed by atoms with E-state index in [1.807, 2.05) is 6.92 Å². The molecule has 1 fully saturated rings. The Hall–Kier alpha value is -1.62. The molecule has 1 atom stereocenters. The molecule has 2 rings (SSSR count). The molecule has 1 aromatic rings. The Balaban J connectivity index is 2.18. The molecule has 3 N–H and O–H groups in total. The lowest BCUT2D eigenvalue weighted by atomic mass is 10.1. The normalized spacial score (nSPS) is 16.6. The fourth-order valence-electron chi connectivity index (χ4n) is 1.95. The molecule has 0 aliphatic heterocycles. The number of nitrogens with zero attached hydrogens (tertiary/aromatic N) is 1.